The molecule has 1 amide bonds. The minimum Gasteiger partial charge on any atom is -0.300 e. The molecule has 0 aliphatic carbocycles. The molecule has 11 heteroatoms. The maximum Gasteiger partial charge on any atom is 0.260 e. The molecular formula is C22H16N6O3S2. The van der Waals surface area contributed by atoms with E-state index in [9.17, 15) is 14.9 Å². The first-order chi connectivity index (χ1) is 16.1. The molecule has 9 nitrogen and oxygen atoms in total. The first-order valence-corrected chi connectivity index (χ1v) is 12.4. The minimum absolute atomic E-state index is 0.0803. The molecule has 0 saturated heterocycles. The van der Waals surface area contributed by atoms with Gasteiger partial charge in [-0.25, -0.2) is 15.0 Å². The summed E-state index contributed by atoms with van der Waals surface area (Å²) in [7, 11) is -0.547. The van der Waals surface area contributed by atoms with Crippen molar-refractivity contribution in [2.24, 2.45) is 0 Å². The van der Waals surface area contributed by atoms with E-state index in [1.54, 1.807) is 24.5 Å². The number of hydrogen-bond acceptors (Lipinski definition) is 8. The van der Waals surface area contributed by atoms with E-state index < -0.39 is 10.5 Å². The number of hydrogen-bond donors (Lipinski definition) is 1. The van der Waals surface area contributed by atoms with Crippen molar-refractivity contribution in [3.63, 3.8) is 0 Å². The normalized spacial score (nSPS) is 21.0. The highest BCUT2D eigenvalue weighted by Crippen LogP contribution is 2.50. The van der Waals surface area contributed by atoms with Crippen LogP contribution in [0.4, 0.5) is 11.1 Å². The molecule has 2 atom stereocenters. The monoisotopic (exact) mass is 476 g/mol. The van der Waals surface area contributed by atoms with Gasteiger partial charge in [-0.1, -0.05) is 18.2 Å². The number of benzene rings is 1. The number of anilines is 2. The second-order valence-electron chi connectivity index (χ2n) is 7.60. The Bertz CT molecular complexity index is 1410. The second-order valence-corrected chi connectivity index (χ2v) is 10.4. The average Bonchev–Trinajstić information content (AvgIpc) is 3.42. The average molecular weight is 477 g/mol. The van der Waals surface area contributed by atoms with Gasteiger partial charge in [0.05, 0.1) is 27.4 Å². The molecule has 164 valence electrons. The molecule has 3 aliphatic rings. The van der Waals surface area contributed by atoms with Gasteiger partial charge in [0.15, 0.2) is 5.13 Å². The zero-order valence-corrected chi connectivity index (χ0v) is 18.7. The molecule has 0 fully saturated rings. The van der Waals surface area contributed by atoms with Crippen molar-refractivity contribution < 1.29 is 9.72 Å². The standard InChI is InChI=1S/C22H16N6O3S2/c29-19-15-4-1-2-5-16(15)20-27(19)18(10-14-7-6-13(28(30)31)12-33(14)20)17-11-32-22(25-17)26-21-23-8-3-9-24-21/h1-9,11,18H,10,12H2,(H,23,24,25,26). The van der Waals surface area contributed by atoms with E-state index in [1.807, 2.05) is 40.6 Å². The third-order valence-corrected chi connectivity index (χ3v) is 8.90. The van der Waals surface area contributed by atoms with Crippen molar-refractivity contribution in [1.29, 1.82) is 0 Å². The Morgan fingerprint density at radius 3 is 2.73 bits per heavy atom. The molecule has 5 heterocycles. The number of nitrogens with one attached hydrogen (secondary N) is 1. The van der Waals surface area contributed by atoms with Crippen LogP contribution >= 0.6 is 21.8 Å². The number of rotatable bonds is 4. The highest BCUT2D eigenvalue weighted by atomic mass is 32.2. The maximum absolute atomic E-state index is 13.5. The van der Waals surface area contributed by atoms with Crippen molar-refractivity contribution in [3.8, 4) is 0 Å². The number of carbonyl (C=O) groups excluding carboxylic acids is 1. The molecule has 0 bridgehead atoms. The van der Waals surface area contributed by atoms with Crippen LogP contribution in [0.15, 0.2) is 70.9 Å². The Hall–Kier alpha value is -3.70. The van der Waals surface area contributed by atoms with Crippen LogP contribution in [0.3, 0.4) is 0 Å². The van der Waals surface area contributed by atoms with Crippen LogP contribution < -0.4 is 5.32 Å². The summed E-state index contributed by atoms with van der Waals surface area (Å²) in [5, 5.41) is 17.1. The van der Waals surface area contributed by atoms with Crippen LogP contribution in [-0.2, 0) is 0 Å². The molecule has 0 saturated carbocycles. The third kappa shape index (κ3) is 3.28. The number of nitro groups is 1. The Kier molecular flexibility index (Phi) is 4.66. The van der Waals surface area contributed by atoms with Gasteiger partial charge in [0.2, 0.25) is 5.95 Å². The van der Waals surface area contributed by atoms with E-state index >= 15 is 0 Å². The van der Waals surface area contributed by atoms with Crippen LogP contribution in [0.1, 0.15) is 34.1 Å². The number of allylic oxidation sites excluding steroid dienone is 2. The first kappa shape index (κ1) is 19.9. The summed E-state index contributed by atoms with van der Waals surface area (Å²) in [5.74, 6) is 0.671. The quantitative estimate of drug-likeness (QED) is 0.343. The third-order valence-electron chi connectivity index (χ3n) is 5.72. The van der Waals surface area contributed by atoms with Gasteiger partial charge in [0.1, 0.15) is 0 Å². The Morgan fingerprint density at radius 2 is 1.94 bits per heavy atom. The molecule has 1 N–H and O–H groups in total. The molecule has 2 unspecified atom stereocenters. The molecule has 3 aliphatic heterocycles. The number of thiazole rings is 1. The fourth-order valence-corrected chi connectivity index (χ4v) is 7.55. The van der Waals surface area contributed by atoms with Crippen molar-refractivity contribution in [2.45, 2.75) is 12.5 Å². The predicted molar refractivity (Wildman–Crippen MR) is 127 cm³/mol. The lowest BCUT2D eigenvalue weighted by Gasteiger charge is -2.37. The van der Waals surface area contributed by atoms with Crippen LogP contribution in [0.2, 0.25) is 0 Å². The van der Waals surface area contributed by atoms with Gasteiger partial charge in [-0.05, 0) is 23.1 Å². The first-order valence-electron chi connectivity index (χ1n) is 10.1. The topological polar surface area (TPSA) is 114 Å². The summed E-state index contributed by atoms with van der Waals surface area (Å²) < 4.78 is 0. The number of nitrogens with zero attached hydrogens (tertiary/aromatic N) is 5. The molecule has 6 rings (SSSR count). The van der Waals surface area contributed by atoms with Crippen molar-refractivity contribution in [1.82, 2.24) is 19.9 Å². The Labute approximate surface area is 194 Å². The predicted octanol–water partition coefficient (Wildman–Crippen LogP) is 4.08. The summed E-state index contributed by atoms with van der Waals surface area (Å²) in [6.07, 6.45) is 7.33. The number of carbonyl (C=O) groups is 1. The lowest BCUT2D eigenvalue weighted by atomic mass is 10.1. The largest absolute Gasteiger partial charge is 0.300 e. The molecular weight excluding hydrogens is 460 g/mol. The van der Waals surface area contributed by atoms with Gasteiger partial charge in [0, 0.05) is 41.4 Å². The fraction of sp³-hybridized carbons (Fsp3) is 0.136. The lowest BCUT2D eigenvalue weighted by molar-refractivity contribution is -0.423. The smallest absolute Gasteiger partial charge is 0.260 e. The lowest BCUT2D eigenvalue weighted by Crippen LogP contribution is -2.38. The summed E-state index contributed by atoms with van der Waals surface area (Å²) in [6, 6.07) is 8.95. The molecule has 3 aromatic rings. The van der Waals surface area contributed by atoms with E-state index in [0.29, 0.717) is 28.8 Å². The van der Waals surface area contributed by atoms with E-state index in [1.165, 1.54) is 11.3 Å². The van der Waals surface area contributed by atoms with E-state index in [2.05, 4.69) is 15.3 Å². The Balaban J connectivity index is 1.44. The van der Waals surface area contributed by atoms with Crippen LogP contribution in [0.25, 0.3) is 0 Å². The highest BCUT2D eigenvalue weighted by molar-refractivity contribution is 8.19. The zero-order valence-electron chi connectivity index (χ0n) is 17.0. The van der Waals surface area contributed by atoms with Crippen molar-refractivity contribution in [3.05, 3.63) is 97.8 Å². The van der Waals surface area contributed by atoms with E-state index in [4.69, 9.17) is 4.98 Å². The summed E-state index contributed by atoms with van der Waals surface area (Å²) in [6.45, 7) is 0. The second kappa shape index (κ2) is 7.71. The van der Waals surface area contributed by atoms with E-state index in [-0.39, 0.29) is 22.6 Å². The van der Waals surface area contributed by atoms with Gasteiger partial charge >= 0.3 is 0 Å². The van der Waals surface area contributed by atoms with Gasteiger partial charge < -0.3 is 5.32 Å². The fourth-order valence-electron chi connectivity index (χ4n) is 4.25. The summed E-state index contributed by atoms with van der Waals surface area (Å²) in [5.41, 5.74) is 2.44. The zero-order chi connectivity index (χ0) is 22.5. The molecule has 0 spiro atoms. The molecule has 33 heavy (non-hydrogen) atoms. The van der Waals surface area contributed by atoms with Gasteiger partial charge in [0.25, 0.3) is 11.6 Å². The van der Waals surface area contributed by atoms with Crippen LogP contribution in [0.5, 0.6) is 0 Å². The van der Waals surface area contributed by atoms with E-state index in [0.717, 1.165) is 21.2 Å². The van der Waals surface area contributed by atoms with Crippen LogP contribution in [-0.4, -0.2) is 41.4 Å². The number of aromatic nitrogens is 3. The van der Waals surface area contributed by atoms with Gasteiger partial charge in [-0.2, -0.15) is 0 Å². The van der Waals surface area contributed by atoms with Gasteiger partial charge in [-0.3, -0.25) is 19.8 Å². The number of amides is 1. The SMILES string of the molecule is O=C1c2ccccc2C2=S3CC([N+](=O)[O-])=CC=C3CC(c3csc(Nc4ncccn4)n3)N12. The molecule has 1 aromatic carbocycles. The van der Waals surface area contributed by atoms with Crippen molar-refractivity contribution >= 4 is 43.8 Å². The minimum atomic E-state index is -0.547. The van der Waals surface area contributed by atoms with Crippen LogP contribution in [0, 0.1) is 10.1 Å². The number of fused-ring (bicyclic) bond motifs is 4. The molecule has 2 aromatic heterocycles. The highest BCUT2D eigenvalue weighted by Gasteiger charge is 2.45. The molecule has 0 radical (unpaired) electrons. The maximum atomic E-state index is 13.5. The van der Waals surface area contributed by atoms with Crippen molar-refractivity contribution in [2.75, 3.05) is 11.1 Å². The Morgan fingerprint density at radius 1 is 1.15 bits per heavy atom. The summed E-state index contributed by atoms with van der Waals surface area (Å²) >= 11 is 1.42. The summed E-state index contributed by atoms with van der Waals surface area (Å²) in [4.78, 5) is 41.5. The van der Waals surface area contributed by atoms with Gasteiger partial charge in [-0.15, -0.1) is 21.8 Å².